The molecule has 1 saturated heterocycles. The lowest BCUT2D eigenvalue weighted by atomic mass is 10.1. The molecule has 1 aliphatic rings. The first-order valence-electron chi connectivity index (χ1n) is 9.91. The molecule has 2 N–H and O–H groups in total. The van der Waals surface area contributed by atoms with Crippen LogP contribution < -0.4 is 15.5 Å². The minimum atomic E-state index is 0. The van der Waals surface area contributed by atoms with Gasteiger partial charge in [-0.25, -0.2) is 0 Å². The molecule has 0 radical (unpaired) electrons. The Morgan fingerprint density at radius 2 is 2.00 bits per heavy atom. The van der Waals surface area contributed by atoms with Crippen molar-refractivity contribution in [3.63, 3.8) is 0 Å². The zero-order chi connectivity index (χ0) is 19.1. The number of para-hydroxylation sites is 1. The zero-order valence-corrected chi connectivity index (χ0v) is 19.5. The maximum Gasteiger partial charge on any atom is 0.190 e. The van der Waals surface area contributed by atoms with Crippen LogP contribution in [0, 0.1) is 19.8 Å². The van der Waals surface area contributed by atoms with Gasteiger partial charge in [0, 0.05) is 51.2 Å². The molecule has 1 unspecified atom stereocenters. The fourth-order valence-electron chi connectivity index (χ4n) is 3.67. The number of anilines is 1. The highest BCUT2D eigenvalue weighted by atomic mass is 127. The van der Waals surface area contributed by atoms with Crippen molar-refractivity contribution in [2.45, 2.75) is 33.2 Å². The van der Waals surface area contributed by atoms with Crippen molar-refractivity contribution in [2.75, 3.05) is 38.1 Å². The molecule has 2 aromatic rings. The summed E-state index contributed by atoms with van der Waals surface area (Å²) in [6.45, 7) is 9.15. The summed E-state index contributed by atoms with van der Waals surface area (Å²) in [5.74, 6) is 1.54. The highest BCUT2D eigenvalue weighted by Crippen LogP contribution is 2.22. The van der Waals surface area contributed by atoms with Crippen LogP contribution >= 0.6 is 24.0 Å². The summed E-state index contributed by atoms with van der Waals surface area (Å²) in [6.07, 6.45) is 2.24. The van der Waals surface area contributed by atoms with E-state index in [4.69, 9.17) is 0 Å². The molecular weight excluding hydrogens is 463 g/mol. The van der Waals surface area contributed by atoms with Gasteiger partial charge in [0.05, 0.1) is 5.69 Å². The largest absolute Gasteiger partial charge is 0.371 e. The van der Waals surface area contributed by atoms with Gasteiger partial charge in [-0.3, -0.25) is 9.67 Å². The summed E-state index contributed by atoms with van der Waals surface area (Å²) >= 11 is 0. The predicted octanol–water partition coefficient (Wildman–Crippen LogP) is 3.20. The van der Waals surface area contributed by atoms with Gasteiger partial charge >= 0.3 is 0 Å². The number of benzene rings is 1. The Labute approximate surface area is 185 Å². The van der Waals surface area contributed by atoms with Gasteiger partial charge in [-0.15, -0.1) is 24.0 Å². The van der Waals surface area contributed by atoms with Gasteiger partial charge in [-0.2, -0.15) is 5.10 Å². The third-order valence-corrected chi connectivity index (χ3v) is 5.13. The van der Waals surface area contributed by atoms with Gasteiger partial charge in [0.1, 0.15) is 0 Å². The molecule has 1 aromatic carbocycles. The number of aryl methyl sites for hydroxylation is 3. The lowest BCUT2D eigenvalue weighted by Gasteiger charge is -2.19. The van der Waals surface area contributed by atoms with Crippen LogP contribution in [0.4, 0.5) is 5.69 Å². The molecular formula is C21H33IN6. The van der Waals surface area contributed by atoms with Gasteiger partial charge in [0.2, 0.25) is 0 Å². The number of aromatic nitrogens is 2. The summed E-state index contributed by atoms with van der Waals surface area (Å²) in [6, 6.07) is 12.8. The number of rotatable bonds is 7. The number of nitrogens with zero attached hydrogens (tertiary/aromatic N) is 4. The number of halogens is 1. The van der Waals surface area contributed by atoms with E-state index in [1.54, 1.807) is 0 Å². The van der Waals surface area contributed by atoms with Crippen LogP contribution in [0.1, 0.15) is 24.2 Å². The second-order valence-electron chi connectivity index (χ2n) is 7.32. The quantitative estimate of drug-likeness (QED) is 0.268. The fraction of sp³-hybridized carbons (Fsp3) is 0.524. The van der Waals surface area contributed by atoms with Crippen molar-refractivity contribution in [3.8, 4) is 0 Å². The van der Waals surface area contributed by atoms with Crippen molar-refractivity contribution >= 4 is 35.6 Å². The summed E-state index contributed by atoms with van der Waals surface area (Å²) < 4.78 is 2.07. The predicted molar refractivity (Wildman–Crippen MR) is 128 cm³/mol. The molecule has 154 valence electrons. The molecule has 1 aliphatic heterocycles. The molecule has 2 heterocycles. The van der Waals surface area contributed by atoms with E-state index in [0.29, 0.717) is 5.92 Å². The molecule has 0 saturated carbocycles. The molecule has 1 fully saturated rings. The highest BCUT2D eigenvalue weighted by molar-refractivity contribution is 14.0. The molecule has 6 nitrogen and oxygen atoms in total. The van der Waals surface area contributed by atoms with Gasteiger partial charge in [-0.05, 0) is 50.8 Å². The second kappa shape index (κ2) is 11.3. The van der Waals surface area contributed by atoms with Crippen LogP contribution in [0.3, 0.4) is 0 Å². The molecule has 1 aromatic heterocycles. The van der Waals surface area contributed by atoms with E-state index in [1.807, 2.05) is 14.0 Å². The summed E-state index contributed by atoms with van der Waals surface area (Å²) in [4.78, 5) is 6.82. The minimum Gasteiger partial charge on any atom is -0.371 e. The van der Waals surface area contributed by atoms with E-state index >= 15 is 0 Å². The van der Waals surface area contributed by atoms with Crippen LogP contribution in [-0.2, 0) is 6.54 Å². The van der Waals surface area contributed by atoms with Crippen molar-refractivity contribution in [2.24, 2.45) is 10.9 Å². The standard InChI is InChI=1S/C21H32N6.HI/c1-17-14-18(2)27(25-17)12-7-11-23-21(22-3)24-15-19-10-13-26(16-19)20-8-5-4-6-9-20;/h4-6,8-9,14,19H,7,10-13,15-16H2,1-3H3,(H2,22,23,24);1H. The first kappa shape index (κ1) is 22.5. The molecule has 0 spiro atoms. The van der Waals surface area contributed by atoms with E-state index in [2.05, 4.69) is 73.6 Å². The third kappa shape index (κ3) is 6.39. The fourth-order valence-corrected chi connectivity index (χ4v) is 3.67. The number of nitrogens with one attached hydrogen (secondary N) is 2. The normalized spacial score (nSPS) is 16.8. The van der Waals surface area contributed by atoms with E-state index in [0.717, 1.165) is 50.8 Å². The van der Waals surface area contributed by atoms with Gasteiger partial charge in [0.15, 0.2) is 5.96 Å². The number of hydrogen-bond acceptors (Lipinski definition) is 3. The molecule has 3 rings (SSSR count). The Kier molecular flexibility index (Phi) is 9.08. The highest BCUT2D eigenvalue weighted by Gasteiger charge is 2.22. The Bertz CT molecular complexity index is 743. The smallest absolute Gasteiger partial charge is 0.190 e. The van der Waals surface area contributed by atoms with E-state index in [1.165, 1.54) is 17.8 Å². The van der Waals surface area contributed by atoms with Crippen LogP contribution in [-0.4, -0.2) is 49.0 Å². The topological polar surface area (TPSA) is 57.5 Å². The van der Waals surface area contributed by atoms with Crippen molar-refractivity contribution < 1.29 is 0 Å². The minimum absolute atomic E-state index is 0. The molecule has 0 aliphatic carbocycles. The average Bonchev–Trinajstić information content (AvgIpc) is 3.28. The Morgan fingerprint density at radius 1 is 1.21 bits per heavy atom. The summed E-state index contributed by atoms with van der Waals surface area (Å²) in [5.41, 5.74) is 3.63. The number of guanidine groups is 1. The van der Waals surface area contributed by atoms with Crippen molar-refractivity contribution in [1.82, 2.24) is 20.4 Å². The maximum absolute atomic E-state index is 4.51. The van der Waals surface area contributed by atoms with Crippen LogP contribution in [0.15, 0.2) is 41.4 Å². The third-order valence-electron chi connectivity index (χ3n) is 5.13. The van der Waals surface area contributed by atoms with E-state index in [-0.39, 0.29) is 24.0 Å². The number of hydrogen-bond donors (Lipinski definition) is 2. The molecule has 0 bridgehead atoms. The van der Waals surface area contributed by atoms with Crippen LogP contribution in [0.5, 0.6) is 0 Å². The molecule has 7 heteroatoms. The maximum atomic E-state index is 4.51. The van der Waals surface area contributed by atoms with E-state index in [9.17, 15) is 0 Å². The molecule has 1 atom stereocenters. The van der Waals surface area contributed by atoms with Crippen LogP contribution in [0.25, 0.3) is 0 Å². The second-order valence-corrected chi connectivity index (χ2v) is 7.32. The summed E-state index contributed by atoms with van der Waals surface area (Å²) in [7, 11) is 1.83. The van der Waals surface area contributed by atoms with Gasteiger partial charge in [0.25, 0.3) is 0 Å². The molecule has 0 amide bonds. The van der Waals surface area contributed by atoms with E-state index < -0.39 is 0 Å². The lowest BCUT2D eigenvalue weighted by molar-refractivity contribution is 0.545. The van der Waals surface area contributed by atoms with Gasteiger partial charge in [-0.1, -0.05) is 18.2 Å². The SMILES string of the molecule is CN=C(NCCCn1nc(C)cc1C)NCC1CCN(c2ccccc2)C1.I. The van der Waals surface area contributed by atoms with Crippen molar-refractivity contribution in [1.29, 1.82) is 0 Å². The van der Waals surface area contributed by atoms with Crippen molar-refractivity contribution in [3.05, 3.63) is 47.8 Å². The lowest BCUT2D eigenvalue weighted by Crippen LogP contribution is -2.40. The summed E-state index contributed by atoms with van der Waals surface area (Å²) in [5, 5.41) is 11.4. The first-order chi connectivity index (χ1) is 13.2. The van der Waals surface area contributed by atoms with Gasteiger partial charge < -0.3 is 15.5 Å². The Balaban J connectivity index is 0.00000280. The van der Waals surface area contributed by atoms with Crippen LogP contribution in [0.2, 0.25) is 0 Å². The molecule has 28 heavy (non-hydrogen) atoms. The first-order valence-corrected chi connectivity index (χ1v) is 9.91. The Morgan fingerprint density at radius 3 is 2.68 bits per heavy atom. The monoisotopic (exact) mass is 496 g/mol. The average molecular weight is 496 g/mol. The Hall–Kier alpha value is -1.77. The number of aliphatic imine (C=N–C) groups is 1. The zero-order valence-electron chi connectivity index (χ0n) is 17.2.